The molecule has 0 saturated carbocycles. The Morgan fingerprint density at radius 3 is 3.08 bits per heavy atom. The number of rotatable bonds is 1. The van der Waals surface area contributed by atoms with Crippen molar-refractivity contribution >= 4 is 49.2 Å². The highest BCUT2D eigenvalue weighted by molar-refractivity contribution is 9.10. The van der Waals surface area contributed by atoms with Crippen LogP contribution >= 0.6 is 39.0 Å². The van der Waals surface area contributed by atoms with Crippen LogP contribution in [-0.4, -0.2) is 11.2 Å². The molecule has 2 heterocycles. The summed E-state index contributed by atoms with van der Waals surface area (Å²) in [7, 11) is 0. The van der Waals surface area contributed by atoms with Crippen LogP contribution in [0.5, 0.6) is 0 Å². The Morgan fingerprint density at radius 2 is 2.42 bits per heavy atom. The highest BCUT2D eigenvalue weighted by Gasteiger charge is 2.08. The Hall–Kier alpha value is -0.0600. The van der Waals surface area contributed by atoms with Crippen LogP contribution in [-0.2, 0) is 0 Å². The molecule has 0 N–H and O–H groups in total. The maximum absolute atomic E-state index is 4.29. The van der Waals surface area contributed by atoms with E-state index in [1.807, 2.05) is 12.3 Å². The molecule has 2 rings (SSSR count). The summed E-state index contributed by atoms with van der Waals surface area (Å²) < 4.78 is 2.48. The number of thioether (sulfide) groups is 1. The van der Waals surface area contributed by atoms with Gasteiger partial charge in [0.2, 0.25) is 0 Å². The lowest BCUT2D eigenvalue weighted by molar-refractivity contribution is 1.44. The number of halogens is 1. The number of nitrogens with zero attached hydrogens (tertiary/aromatic N) is 1. The van der Waals surface area contributed by atoms with E-state index in [1.54, 1.807) is 23.1 Å². The molecule has 0 aliphatic rings. The molecule has 2 aromatic heterocycles. The van der Waals surface area contributed by atoms with Crippen molar-refractivity contribution in [3.05, 3.63) is 22.8 Å². The van der Waals surface area contributed by atoms with Crippen LogP contribution in [0.4, 0.5) is 0 Å². The fraction of sp³-hybridized carbons (Fsp3) is 0.125. The third-order valence-electron chi connectivity index (χ3n) is 1.56. The van der Waals surface area contributed by atoms with Crippen molar-refractivity contribution in [3.8, 4) is 0 Å². The summed E-state index contributed by atoms with van der Waals surface area (Å²) >= 11 is 7.04. The molecular formula is C8H6BrNS2. The number of thiophene rings is 1. The van der Waals surface area contributed by atoms with Crippen molar-refractivity contribution in [1.82, 2.24) is 4.98 Å². The number of aromatic nitrogens is 1. The zero-order valence-corrected chi connectivity index (χ0v) is 9.59. The molecular weight excluding hydrogens is 254 g/mol. The molecule has 0 aromatic carbocycles. The highest BCUT2D eigenvalue weighted by Crippen LogP contribution is 2.39. The standard InChI is InChI=1S/C8H6BrNS2/c1-11-8-6(9)5-3-2-4-10-7(5)12-8/h2-4H,1H3. The van der Waals surface area contributed by atoms with Crippen LogP contribution in [0.3, 0.4) is 0 Å². The summed E-state index contributed by atoms with van der Waals surface area (Å²) in [6.07, 6.45) is 3.91. The van der Waals surface area contributed by atoms with E-state index < -0.39 is 0 Å². The quantitative estimate of drug-likeness (QED) is 0.724. The van der Waals surface area contributed by atoms with Gasteiger partial charge in [0, 0.05) is 11.6 Å². The van der Waals surface area contributed by atoms with Crippen LogP contribution in [0.15, 0.2) is 27.0 Å². The third kappa shape index (κ3) is 1.28. The van der Waals surface area contributed by atoms with Gasteiger partial charge in [0.15, 0.2) is 0 Å². The molecule has 0 unspecified atom stereocenters. The highest BCUT2D eigenvalue weighted by atomic mass is 79.9. The van der Waals surface area contributed by atoms with Gasteiger partial charge < -0.3 is 0 Å². The first kappa shape index (κ1) is 8.53. The summed E-state index contributed by atoms with van der Waals surface area (Å²) in [5.74, 6) is 0. The Balaban J connectivity index is 2.78. The minimum Gasteiger partial charge on any atom is -0.245 e. The molecule has 0 bridgehead atoms. The van der Waals surface area contributed by atoms with Crippen molar-refractivity contribution in [3.63, 3.8) is 0 Å². The molecule has 0 aliphatic heterocycles. The normalized spacial score (nSPS) is 10.8. The van der Waals surface area contributed by atoms with E-state index in [4.69, 9.17) is 0 Å². The lowest BCUT2D eigenvalue weighted by atomic mass is 10.4. The zero-order valence-electron chi connectivity index (χ0n) is 6.37. The zero-order chi connectivity index (χ0) is 8.55. The maximum Gasteiger partial charge on any atom is 0.125 e. The van der Waals surface area contributed by atoms with Crippen molar-refractivity contribution in [2.75, 3.05) is 6.26 Å². The van der Waals surface area contributed by atoms with Crippen molar-refractivity contribution in [2.24, 2.45) is 0 Å². The van der Waals surface area contributed by atoms with Gasteiger partial charge >= 0.3 is 0 Å². The minimum absolute atomic E-state index is 1.11. The largest absolute Gasteiger partial charge is 0.245 e. The fourth-order valence-corrected chi connectivity index (χ4v) is 3.82. The summed E-state index contributed by atoms with van der Waals surface area (Å²) in [6, 6.07) is 4.05. The topological polar surface area (TPSA) is 12.9 Å². The summed E-state index contributed by atoms with van der Waals surface area (Å²) in [6.45, 7) is 0. The molecule has 0 aliphatic carbocycles. The molecule has 0 atom stereocenters. The van der Waals surface area contributed by atoms with E-state index in [0.29, 0.717) is 0 Å². The van der Waals surface area contributed by atoms with Crippen molar-refractivity contribution in [1.29, 1.82) is 0 Å². The molecule has 1 nitrogen and oxygen atoms in total. The lowest BCUT2D eigenvalue weighted by Crippen LogP contribution is -1.67. The summed E-state index contributed by atoms with van der Waals surface area (Å²) in [5, 5.41) is 1.21. The number of hydrogen-bond acceptors (Lipinski definition) is 3. The Bertz CT molecular complexity index is 410. The van der Waals surface area contributed by atoms with E-state index in [-0.39, 0.29) is 0 Å². The molecule has 62 valence electrons. The lowest BCUT2D eigenvalue weighted by Gasteiger charge is -1.88. The van der Waals surface area contributed by atoms with Crippen LogP contribution in [0, 0.1) is 0 Å². The Morgan fingerprint density at radius 1 is 1.58 bits per heavy atom. The van der Waals surface area contributed by atoms with Crippen molar-refractivity contribution in [2.45, 2.75) is 4.21 Å². The first-order valence-corrected chi connectivity index (χ1v) is 6.23. The molecule has 0 radical (unpaired) electrons. The Labute approximate surface area is 87.3 Å². The van der Waals surface area contributed by atoms with Crippen LogP contribution < -0.4 is 0 Å². The number of hydrogen-bond donors (Lipinski definition) is 0. The smallest absolute Gasteiger partial charge is 0.125 e. The predicted octanol–water partition coefficient (Wildman–Crippen LogP) is 3.78. The summed E-state index contributed by atoms with van der Waals surface area (Å²) in [4.78, 5) is 5.39. The minimum atomic E-state index is 1.11. The molecule has 2 aromatic rings. The first-order valence-electron chi connectivity index (χ1n) is 3.40. The Kier molecular flexibility index (Phi) is 2.39. The molecule has 0 fully saturated rings. The second kappa shape index (κ2) is 3.36. The van der Waals surface area contributed by atoms with Gasteiger partial charge in [0.05, 0.1) is 8.68 Å². The fourth-order valence-electron chi connectivity index (χ4n) is 1.01. The number of pyridine rings is 1. The van der Waals surface area contributed by atoms with Gasteiger partial charge in [-0.1, -0.05) is 0 Å². The predicted molar refractivity (Wildman–Crippen MR) is 59.1 cm³/mol. The van der Waals surface area contributed by atoms with Crippen molar-refractivity contribution < 1.29 is 0 Å². The average Bonchev–Trinajstić information content (AvgIpc) is 2.44. The van der Waals surface area contributed by atoms with E-state index in [1.165, 1.54) is 14.1 Å². The molecule has 0 spiro atoms. The van der Waals surface area contributed by atoms with Gasteiger partial charge in [-0.05, 0) is 34.3 Å². The molecule has 0 amide bonds. The van der Waals surface area contributed by atoms with Gasteiger partial charge in [0.1, 0.15) is 4.83 Å². The van der Waals surface area contributed by atoms with Crippen LogP contribution in [0.2, 0.25) is 0 Å². The molecule has 4 heteroatoms. The monoisotopic (exact) mass is 259 g/mol. The van der Waals surface area contributed by atoms with E-state index in [0.717, 1.165) is 4.83 Å². The van der Waals surface area contributed by atoms with Gasteiger partial charge in [-0.25, -0.2) is 4.98 Å². The van der Waals surface area contributed by atoms with Gasteiger partial charge in [0.25, 0.3) is 0 Å². The van der Waals surface area contributed by atoms with Gasteiger partial charge in [-0.2, -0.15) is 0 Å². The third-order valence-corrected chi connectivity index (χ3v) is 5.14. The van der Waals surface area contributed by atoms with E-state index in [2.05, 4.69) is 33.2 Å². The SMILES string of the molecule is CSc1sc2ncccc2c1Br. The number of fused-ring (bicyclic) bond motifs is 1. The second-order valence-electron chi connectivity index (χ2n) is 2.26. The van der Waals surface area contributed by atoms with Gasteiger partial charge in [-0.3, -0.25) is 0 Å². The summed E-state index contributed by atoms with van der Waals surface area (Å²) in [5.41, 5.74) is 0. The first-order chi connectivity index (χ1) is 5.83. The second-order valence-corrected chi connectivity index (χ2v) is 5.13. The van der Waals surface area contributed by atoms with E-state index in [9.17, 15) is 0 Å². The average molecular weight is 260 g/mol. The van der Waals surface area contributed by atoms with Crippen LogP contribution in [0.25, 0.3) is 10.2 Å². The van der Waals surface area contributed by atoms with E-state index >= 15 is 0 Å². The van der Waals surface area contributed by atoms with Gasteiger partial charge in [-0.15, -0.1) is 23.1 Å². The maximum atomic E-state index is 4.29. The van der Waals surface area contributed by atoms with Crippen LogP contribution in [0.1, 0.15) is 0 Å². The molecule has 12 heavy (non-hydrogen) atoms. The molecule has 0 saturated heterocycles.